The molecule has 0 unspecified atom stereocenters. The van der Waals surface area contributed by atoms with Gasteiger partial charge in [0.25, 0.3) is 0 Å². The quantitative estimate of drug-likeness (QED) is 0.740. The number of hydrogen-bond acceptors (Lipinski definition) is 4. The van der Waals surface area contributed by atoms with Crippen LogP contribution in [-0.2, 0) is 11.3 Å². The molecule has 0 saturated heterocycles. The van der Waals surface area contributed by atoms with Crippen molar-refractivity contribution in [2.75, 3.05) is 26.9 Å². The van der Waals surface area contributed by atoms with Crippen molar-refractivity contribution in [1.82, 2.24) is 0 Å². The van der Waals surface area contributed by atoms with Gasteiger partial charge >= 0.3 is 0 Å². The van der Waals surface area contributed by atoms with Crippen molar-refractivity contribution in [2.45, 2.75) is 19.9 Å². The molecule has 1 aromatic carbocycles. The van der Waals surface area contributed by atoms with Crippen molar-refractivity contribution in [1.29, 1.82) is 0 Å². The Morgan fingerprint density at radius 2 is 2.00 bits per heavy atom. The number of nitrogens with two attached hydrogens (primary N) is 1. The summed E-state index contributed by atoms with van der Waals surface area (Å²) in [5.41, 5.74) is 6.48. The molecule has 2 N–H and O–H groups in total. The fraction of sp³-hybridized carbons (Fsp3) is 0.538. The first-order chi connectivity index (χ1) is 8.72. The van der Waals surface area contributed by atoms with Crippen molar-refractivity contribution >= 4 is 11.6 Å². The smallest absolute Gasteiger partial charge is 0.179 e. The van der Waals surface area contributed by atoms with Gasteiger partial charge in [0, 0.05) is 13.2 Å². The largest absolute Gasteiger partial charge is 0.493 e. The van der Waals surface area contributed by atoms with E-state index in [0.29, 0.717) is 36.3 Å². The molecule has 0 fully saturated rings. The Bertz CT molecular complexity index is 371. The fourth-order valence-electron chi connectivity index (χ4n) is 1.48. The summed E-state index contributed by atoms with van der Waals surface area (Å²) in [5.74, 6) is 1.13. The third kappa shape index (κ3) is 4.37. The van der Waals surface area contributed by atoms with E-state index in [0.717, 1.165) is 18.6 Å². The highest BCUT2D eigenvalue weighted by atomic mass is 35.5. The lowest BCUT2D eigenvalue weighted by Gasteiger charge is -2.13. The van der Waals surface area contributed by atoms with Gasteiger partial charge in [-0.05, 0) is 24.1 Å². The normalized spacial score (nSPS) is 10.4. The van der Waals surface area contributed by atoms with Gasteiger partial charge in [-0.1, -0.05) is 18.5 Å². The maximum absolute atomic E-state index is 6.13. The lowest BCUT2D eigenvalue weighted by molar-refractivity contribution is 0.0995. The zero-order valence-electron chi connectivity index (χ0n) is 10.9. The van der Waals surface area contributed by atoms with Gasteiger partial charge in [0.15, 0.2) is 11.5 Å². The van der Waals surface area contributed by atoms with E-state index in [-0.39, 0.29) is 0 Å². The second-order valence-corrected chi connectivity index (χ2v) is 4.18. The predicted octanol–water partition coefficient (Wildman–Crippen LogP) is 2.61. The summed E-state index contributed by atoms with van der Waals surface area (Å²) >= 11 is 6.13. The summed E-state index contributed by atoms with van der Waals surface area (Å²) in [4.78, 5) is 0. The molecule has 0 aliphatic rings. The van der Waals surface area contributed by atoms with Crippen molar-refractivity contribution in [3.63, 3.8) is 0 Å². The maximum atomic E-state index is 6.13. The van der Waals surface area contributed by atoms with Gasteiger partial charge in [0.1, 0.15) is 6.61 Å². The van der Waals surface area contributed by atoms with E-state index >= 15 is 0 Å². The van der Waals surface area contributed by atoms with Crippen LogP contribution in [0.1, 0.15) is 18.9 Å². The molecule has 0 atom stereocenters. The lowest BCUT2D eigenvalue weighted by Crippen LogP contribution is -2.08. The molecule has 4 nitrogen and oxygen atoms in total. The van der Waals surface area contributed by atoms with E-state index in [1.54, 1.807) is 13.2 Å². The van der Waals surface area contributed by atoms with Gasteiger partial charge in [-0.3, -0.25) is 0 Å². The van der Waals surface area contributed by atoms with Crippen molar-refractivity contribution < 1.29 is 14.2 Å². The molecule has 0 bridgehead atoms. The SMILES string of the molecule is CCCOCCOc1c(Cl)cc(CN)cc1OC. The topological polar surface area (TPSA) is 53.7 Å². The maximum Gasteiger partial charge on any atom is 0.179 e. The van der Waals surface area contributed by atoms with Gasteiger partial charge in [-0.25, -0.2) is 0 Å². The zero-order valence-corrected chi connectivity index (χ0v) is 11.6. The van der Waals surface area contributed by atoms with Crippen LogP contribution in [0, 0.1) is 0 Å². The van der Waals surface area contributed by atoms with E-state index in [1.807, 2.05) is 6.07 Å². The summed E-state index contributed by atoms with van der Waals surface area (Å²) in [6, 6.07) is 3.61. The third-order valence-electron chi connectivity index (χ3n) is 2.35. The Balaban J connectivity index is 2.63. The van der Waals surface area contributed by atoms with Crippen molar-refractivity contribution in [2.24, 2.45) is 5.73 Å². The first-order valence-electron chi connectivity index (χ1n) is 6.00. The summed E-state index contributed by atoms with van der Waals surface area (Å²) in [6.45, 7) is 4.19. The van der Waals surface area contributed by atoms with Crippen molar-refractivity contribution in [3.05, 3.63) is 22.7 Å². The molecule has 0 saturated carbocycles. The predicted molar refractivity (Wildman–Crippen MR) is 72.5 cm³/mol. The second kappa shape index (κ2) is 8.19. The molecule has 0 aromatic heterocycles. The molecule has 0 amide bonds. The number of benzene rings is 1. The Morgan fingerprint density at radius 3 is 2.61 bits per heavy atom. The van der Waals surface area contributed by atoms with E-state index in [4.69, 9.17) is 31.5 Å². The fourth-order valence-corrected chi connectivity index (χ4v) is 1.77. The Kier molecular flexibility index (Phi) is 6.86. The zero-order chi connectivity index (χ0) is 13.4. The van der Waals surface area contributed by atoms with Crippen LogP contribution >= 0.6 is 11.6 Å². The van der Waals surface area contributed by atoms with Crippen LogP contribution in [0.5, 0.6) is 11.5 Å². The molecule has 0 radical (unpaired) electrons. The van der Waals surface area contributed by atoms with Gasteiger partial charge in [-0.2, -0.15) is 0 Å². The molecule has 5 heteroatoms. The van der Waals surface area contributed by atoms with Gasteiger partial charge in [0.2, 0.25) is 0 Å². The number of methoxy groups -OCH3 is 1. The molecule has 18 heavy (non-hydrogen) atoms. The highest BCUT2D eigenvalue weighted by Gasteiger charge is 2.11. The van der Waals surface area contributed by atoms with Crippen molar-refractivity contribution in [3.8, 4) is 11.5 Å². The number of rotatable bonds is 8. The Hall–Kier alpha value is -0.970. The van der Waals surface area contributed by atoms with Crippen LogP contribution in [-0.4, -0.2) is 26.9 Å². The summed E-state index contributed by atoms with van der Waals surface area (Å²) in [5, 5.41) is 0.505. The molecule has 102 valence electrons. The standard InChI is InChI=1S/C13H20ClNO3/c1-3-4-17-5-6-18-13-11(14)7-10(9-15)8-12(13)16-2/h7-8H,3-6,9,15H2,1-2H3. The van der Waals surface area contributed by atoms with E-state index in [1.165, 1.54) is 0 Å². The summed E-state index contributed by atoms with van der Waals surface area (Å²) in [6.07, 6.45) is 0.995. The number of ether oxygens (including phenoxy) is 3. The average Bonchev–Trinajstić information content (AvgIpc) is 2.39. The third-order valence-corrected chi connectivity index (χ3v) is 2.63. The van der Waals surface area contributed by atoms with Gasteiger partial charge < -0.3 is 19.9 Å². The highest BCUT2D eigenvalue weighted by Crippen LogP contribution is 2.36. The molecule has 1 rings (SSSR count). The molecular formula is C13H20ClNO3. The van der Waals surface area contributed by atoms with Gasteiger partial charge in [-0.15, -0.1) is 0 Å². The minimum absolute atomic E-state index is 0.413. The summed E-state index contributed by atoms with van der Waals surface area (Å²) < 4.78 is 16.2. The minimum atomic E-state index is 0.413. The summed E-state index contributed by atoms with van der Waals surface area (Å²) in [7, 11) is 1.58. The number of hydrogen-bond donors (Lipinski definition) is 1. The second-order valence-electron chi connectivity index (χ2n) is 3.77. The molecule has 0 aliphatic heterocycles. The minimum Gasteiger partial charge on any atom is -0.493 e. The average molecular weight is 274 g/mol. The first kappa shape index (κ1) is 15.1. The van der Waals surface area contributed by atoms with Crippen LogP contribution in [0.15, 0.2) is 12.1 Å². The Morgan fingerprint density at radius 1 is 1.22 bits per heavy atom. The monoisotopic (exact) mass is 273 g/mol. The van der Waals surface area contributed by atoms with Crippen LogP contribution in [0.25, 0.3) is 0 Å². The van der Waals surface area contributed by atoms with Crippen LogP contribution in [0.2, 0.25) is 5.02 Å². The number of halogens is 1. The van der Waals surface area contributed by atoms with Gasteiger partial charge in [0.05, 0.1) is 18.7 Å². The van der Waals surface area contributed by atoms with E-state index < -0.39 is 0 Å². The highest BCUT2D eigenvalue weighted by molar-refractivity contribution is 6.32. The lowest BCUT2D eigenvalue weighted by atomic mass is 10.2. The van der Waals surface area contributed by atoms with Crippen LogP contribution in [0.3, 0.4) is 0 Å². The van der Waals surface area contributed by atoms with E-state index in [9.17, 15) is 0 Å². The van der Waals surface area contributed by atoms with E-state index in [2.05, 4.69) is 6.92 Å². The first-order valence-corrected chi connectivity index (χ1v) is 6.37. The van der Waals surface area contributed by atoms with Crippen LogP contribution < -0.4 is 15.2 Å². The molecule has 0 heterocycles. The molecule has 0 spiro atoms. The molecule has 0 aliphatic carbocycles. The molecule has 1 aromatic rings. The van der Waals surface area contributed by atoms with Crippen LogP contribution in [0.4, 0.5) is 0 Å². The molecular weight excluding hydrogens is 254 g/mol. The Labute approximate surface area is 113 Å².